The standard InChI is InChI=1S/C24H19N5O2/c1-28-20-7-3-2-6-16(20)14-21(28)23(30)19-15-27-29(24(19)25)17-9-11-18(12-10-17)31-22-8-4-5-13-26-22/h2-15H,25H2,1H3. The number of carbonyl (C=O) groups is 1. The van der Waals surface area contributed by atoms with E-state index in [1.54, 1.807) is 29.1 Å². The highest BCUT2D eigenvalue weighted by Crippen LogP contribution is 2.26. The first-order valence-electron chi connectivity index (χ1n) is 9.74. The van der Waals surface area contributed by atoms with Gasteiger partial charge in [-0.15, -0.1) is 0 Å². The number of carbonyl (C=O) groups excluding carboxylic acids is 1. The number of hydrogen-bond donors (Lipinski definition) is 1. The number of nitrogen functional groups attached to an aromatic ring is 1. The summed E-state index contributed by atoms with van der Waals surface area (Å²) in [5.74, 6) is 1.27. The van der Waals surface area contributed by atoms with Crippen LogP contribution in [0.5, 0.6) is 11.6 Å². The number of nitrogens with two attached hydrogens (primary N) is 1. The van der Waals surface area contributed by atoms with Crippen molar-refractivity contribution in [2.45, 2.75) is 0 Å². The van der Waals surface area contributed by atoms with Crippen LogP contribution in [-0.4, -0.2) is 25.1 Å². The Labute approximate surface area is 178 Å². The number of aryl methyl sites for hydroxylation is 1. The topological polar surface area (TPSA) is 88.0 Å². The monoisotopic (exact) mass is 409 g/mol. The summed E-state index contributed by atoms with van der Waals surface area (Å²) in [6.45, 7) is 0. The Morgan fingerprint density at radius 2 is 1.77 bits per heavy atom. The Morgan fingerprint density at radius 1 is 1.00 bits per heavy atom. The Morgan fingerprint density at radius 3 is 2.52 bits per heavy atom. The number of benzene rings is 2. The molecule has 3 aromatic heterocycles. The van der Waals surface area contributed by atoms with Crippen LogP contribution in [0, 0.1) is 0 Å². The molecule has 0 aliphatic carbocycles. The third-order valence-electron chi connectivity index (χ3n) is 5.18. The molecule has 7 heteroatoms. The number of ketones is 1. The first-order valence-corrected chi connectivity index (χ1v) is 9.74. The fourth-order valence-corrected chi connectivity index (χ4v) is 3.57. The SMILES string of the molecule is Cn1c(C(=O)c2cnn(-c3ccc(Oc4ccccn4)cc3)c2N)cc2ccccc21. The second-order valence-electron chi connectivity index (χ2n) is 7.10. The molecule has 0 atom stereocenters. The van der Waals surface area contributed by atoms with Crippen LogP contribution in [0.25, 0.3) is 16.6 Å². The van der Waals surface area contributed by atoms with Crippen LogP contribution in [-0.2, 0) is 7.05 Å². The number of ether oxygens (including phenoxy) is 1. The Hall–Kier alpha value is -4.39. The van der Waals surface area contributed by atoms with Crippen molar-refractivity contribution in [3.63, 3.8) is 0 Å². The Kier molecular flexibility index (Phi) is 4.48. The highest BCUT2D eigenvalue weighted by Gasteiger charge is 2.21. The molecule has 7 nitrogen and oxygen atoms in total. The van der Waals surface area contributed by atoms with Crippen LogP contribution in [0.15, 0.2) is 85.2 Å². The number of fused-ring (bicyclic) bond motifs is 1. The maximum atomic E-state index is 13.2. The molecule has 3 heterocycles. The molecule has 0 spiro atoms. The minimum atomic E-state index is -0.169. The molecule has 0 fully saturated rings. The molecule has 0 radical (unpaired) electrons. The zero-order valence-corrected chi connectivity index (χ0v) is 16.8. The molecule has 5 aromatic rings. The zero-order chi connectivity index (χ0) is 21.4. The van der Waals surface area contributed by atoms with Gasteiger partial charge in [-0.05, 0) is 42.5 Å². The Bertz CT molecular complexity index is 1390. The number of rotatable bonds is 5. The van der Waals surface area contributed by atoms with Crippen molar-refractivity contribution in [1.82, 2.24) is 19.3 Å². The highest BCUT2D eigenvalue weighted by atomic mass is 16.5. The molecular weight excluding hydrogens is 390 g/mol. The van der Waals surface area contributed by atoms with E-state index in [-0.39, 0.29) is 11.6 Å². The lowest BCUT2D eigenvalue weighted by molar-refractivity contribution is 0.103. The lowest BCUT2D eigenvalue weighted by Gasteiger charge is -2.08. The van der Waals surface area contributed by atoms with E-state index in [0.29, 0.717) is 22.9 Å². The summed E-state index contributed by atoms with van der Waals surface area (Å²) in [7, 11) is 1.87. The summed E-state index contributed by atoms with van der Waals surface area (Å²) in [6, 6.07) is 22.5. The van der Waals surface area contributed by atoms with Gasteiger partial charge in [0.05, 0.1) is 23.1 Å². The van der Waals surface area contributed by atoms with Crippen molar-refractivity contribution in [2.24, 2.45) is 7.05 Å². The number of pyridine rings is 1. The first-order chi connectivity index (χ1) is 15.1. The largest absolute Gasteiger partial charge is 0.439 e. The van der Waals surface area contributed by atoms with Crippen LogP contribution < -0.4 is 10.5 Å². The van der Waals surface area contributed by atoms with Crippen molar-refractivity contribution in [3.8, 4) is 17.3 Å². The van der Waals surface area contributed by atoms with E-state index in [0.717, 1.165) is 16.6 Å². The highest BCUT2D eigenvalue weighted by molar-refractivity contribution is 6.12. The van der Waals surface area contributed by atoms with Gasteiger partial charge in [-0.2, -0.15) is 5.10 Å². The summed E-state index contributed by atoms with van der Waals surface area (Å²) in [5.41, 5.74) is 8.94. The number of nitrogens with zero attached hydrogens (tertiary/aromatic N) is 4. The summed E-state index contributed by atoms with van der Waals surface area (Å²) in [5, 5.41) is 5.34. The van der Waals surface area contributed by atoms with Gasteiger partial charge in [0.2, 0.25) is 11.7 Å². The van der Waals surface area contributed by atoms with Gasteiger partial charge in [0.15, 0.2) is 0 Å². The molecule has 152 valence electrons. The van der Waals surface area contributed by atoms with E-state index in [1.165, 1.54) is 6.20 Å². The number of hydrogen-bond acceptors (Lipinski definition) is 5. The lowest BCUT2D eigenvalue weighted by Crippen LogP contribution is -2.10. The zero-order valence-electron chi connectivity index (χ0n) is 16.8. The average Bonchev–Trinajstić information content (AvgIpc) is 3.35. The molecule has 2 aromatic carbocycles. The predicted octanol–water partition coefficient (Wildman–Crippen LogP) is 4.36. The molecule has 0 amide bonds. The van der Waals surface area contributed by atoms with Crippen LogP contribution >= 0.6 is 0 Å². The maximum absolute atomic E-state index is 13.2. The molecule has 0 unspecified atom stereocenters. The summed E-state index contributed by atoms with van der Waals surface area (Å²) in [6.07, 6.45) is 3.18. The van der Waals surface area contributed by atoms with E-state index in [4.69, 9.17) is 10.5 Å². The number of para-hydroxylation sites is 1. The van der Waals surface area contributed by atoms with Crippen LogP contribution in [0.1, 0.15) is 16.1 Å². The maximum Gasteiger partial charge on any atom is 0.219 e. The first kappa shape index (κ1) is 18.6. The quantitative estimate of drug-likeness (QED) is 0.436. The minimum Gasteiger partial charge on any atom is -0.439 e. The van der Waals surface area contributed by atoms with Gasteiger partial charge in [0.25, 0.3) is 0 Å². The van der Waals surface area contributed by atoms with Crippen LogP contribution in [0.4, 0.5) is 5.82 Å². The summed E-state index contributed by atoms with van der Waals surface area (Å²) in [4.78, 5) is 17.3. The number of aromatic nitrogens is 4. The molecule has 31 heavy (non-hydrogen) atoms. The van der Waals surface area contributed by atoms with E-state index in [9.17, 15) is 4.79 Å². The van der Waals surface area contributed by atoms with Gasteiger partial charge < -0.3 is 15.0 Å². The number of anilines is 1. The molecular formula is C24H19N5O2. The van der Waals surface area contributed by atoms with Gasteiger partial charge in [-0.1, -0.05) is 24.3 Å². The fourth-order valence-electron chi connectivity index (χ4n) is 3.57. The van der Waals surface area contributed by atoms with Crippen LogP contribution in [0.2, 0.25) is 0 Å². The van der Waals surface area contributed by atoms with Gasteiger partial charge in [0, 0.05) is 30.2 Å². The minimum absolute atomic E-state index is 0.169. The molecule has 0 saturated heterocycles. The van der Waals surface area contributed by atoms with E-state index < -0.39 is 0 Å². The smallest absolute Gasteiger partial charge is 0.219 e. The van der Waals surface area contributed by atoms with E-state index in [2.05, 4.69) is 10.1 Å². The van der Waals surface area contributed by atoms with Gasteiger partial charge in [-0.3, -0.25) is 4.79 Å². The van der Waals surface area contributed by atoms with Crippen LogP contribution in [0.3, 0.4) is 0 Å². The molecule has 2 N–H and O–H groups in total. The normalized spacial score (nSPS) is 11.0. The van der Waals surface area contributed by atoms with Gasteiger partial charge >= 0.3 is 0 Å². The molecule has 0 aliphatic rings. The third kappa shape index (κ3) is 3.32. The average molecular weight is 409 g/mol. The van der Waals surface area contributed by atoms with Crippen molar-refractivity contribution in [1.29, 1.82) is 0 Å². The lowest BCUT2D eigenvalue weighted by atomic mass is 10.1. The fraction of sp³-hybridized carbons (Fsp3) is 0.0417. The predicted molar refractivity (Wildman–Crippen MR) is 119 cm³/mol. The van der Waals surface area contributed by atoms with Crippen molar-refractivity contribution in [3.05, 3.63) is 96.4 Å². The molecule has 0 saturated carbocycles. The second kappa shape index (κ2) is 7.46. The Balaban J connectivity index is 1.43. The van der Waals surface area contributed by atoms with Crippen molar-refractivity contribution >= 4 is 22.5 Å². The van der Waals surface area contributed by atoms with Gasteiger partial charge in [0.1, 0.15) is 11.6 Å². The second-order valence-corrected chi connectivity index (χ2v) is 7.10. The molecule has 0 aliphatic heterocycles. The molecule has 5 rings (SSSR count). The third-order valence-corrected chi connectivity index (χ3v) is 5.18. The molecule has 0 bridgehead atoms. The van der Waals surface area contributed by atoms with E-state index in [1.807, 2.05) is 66.2 Å². The van der Waals surface area contributed by atoms with E-state index >= 15 is 0 Å². The van der Waals surface area contributed by atoms with Crippen molar-refractivity contribution in [2.75, 3.05) is 5.73 Å². The summed E-state index contributed by atoms with van der Waals surface area (Å²) >= 11 is 0. The summed E-state index contributed by atoms with van der Waals surface area (Å²) < 4.78 is 9.13. The van der Waals surface area contributed by atoms with Crippen molar-refractivity contribution < 1.29 is 9.53 Å². The van der Waals surface area contributed by atoms with Gasteiger partial charge in [-0.25, -0.2) is 9.67 Å².